The summed E-state index contributed by atoms with van der Waals surface area (Å²) in [5, 5.41) is 0. The van der Waals surface area contributed by atoms with Gasteiger partial charge in [0.1, 0.15) is 0 Å². The van der Waals surface area contributed by atoms with Crippen molar-refractivity contribution in [3.63, 3.8) is 0 Å². The average Bonchev–Trinajstić information content (AvgIpc) is 1.86. The summed E-state index contributed by atoms with van der Waals surface area (Å²) in [6.07, 6.45) is 0. The second-order valence-electron chi connectivity index (χ2n) is 1.08. The van der Waals surface area contributed by atoms with Crippen LogP contribution in [-0.2, 0) is 13.2 Å². The molecule has 0 saturated carbocycles. The molecule has 3 nitrogen and oxygen atoms in total. The largest absolute Gasteiger partial charge is 0.391 e. The summed E-state index contributed by atoms with van der Waals surface area (Å²) >= 11 is 13.7. The van der Waals surface area contributed by atoms with Crippen molar-refractivity contribution in [3.05, 3.63) is 0 Å². The Balaban J connectivity index is 3.97. The molecule has 0 heterocycles. The Kier molecular flexibility index (Phi) is 4.22. The monoisotopic (exact) mass is 204 g/mol. The Morgan fingerprint density at radius 1 is 1.33 bits per heavy atom. The summed E-state index contributed by atoms with van der Waals surface area (Å²) in [6, 6.07) is 0. The topological polar surface area (TPSA) is 35.5 Å². The number of rotatable bonds is 2. The van der Waals surface area contributed by atoms with Crippen LogP contribution in [0, 0.1) is 0 Å². The van der Waals surface area contributed by atoms with Crippen molar-refractivity contribution in [2.75, 3.05) is 0 Å². The van der Waals surface area contributed by atoms with Gasteiger partial charge in [-0.05, 0) is 12.9 Å². The van der Waals surface area contributed by atoms with Crippen LogP contribution in [0.5, 0.6) is 0 Å². The zero-order chi connectivity index (χ0) is 7.49. The Bertz CT molecular complexity index is 112. The average molecular weight is 204 g/mol. The molecule has 0 N–H and O–H groups in total. The van der Waals surface area contributed by atoms with E-state index in [0.717, 1.165) is 0 Å². The molecule has 54 valence electrons. The second kappa shape index (κ2) is 3.87. The Hall–Kier alpha value is 0.830. The van der Waals surface area contributed by atoms with Crippen molar-refractivity contribution in [2.45, 2.75) is 4.27 Å². The van der Waals surface area contributed by atoms with Crippen molar-refractivity contribution >= 4 is 57.0 Å². The minimum absolute atomic E-state index is 0.840. The smallest absolute Gasteiger partial charge is 0.372 e. The van der Waals surface area contributed by atoms with E-state index < -0.39 is 10.2 Å². The van der Waals surface area contributed by atoms with Crippen LogP contribution in [0.25, 0.3) is 0 Å². The number of hydrogen-bond acceptors (Lipinski definition) is 7. The van der Waals surface area contributed by atoms with Gasteiger partial charge in [0.2, 0.25) is 0 Å². The molecule has 0 spiro atoms. The lowest BCUT2D eigenvalue weighted by atomic mass is 10.7. The van der Waals surface area contributed by atoms with E-state index in [1.54, 1.807) is 0 Å². The summed E-state index contributed by atoms with van der Waals surface area (Å²) in [5.74, 6) is -0.840. The van der Waals surface area contributed by atoms with Gasteiger partial charge in [-0.1, -0.05) is 0 Å². The molecular weight excluding hydrogens is 200 g/mol. The van der Waals surface area contributed by atoms with Crippen LogP contribution in [-0.4, -0.2) is 10.2 Å². The van der Waals surface area contributed by atoms with Crippen LogP contribution in [0.15, 0.2) is 0 Å². The van der Waals surface area contributed by atoms with E-state index in [2.05, 4.69) is 59.4 Å². The SMILES string of the molecule is O=C(OS)C(S)(S)OS. The van der Waals surface area contributed by atoms with Gasteiger partial charge < -0.3 is 4.18 Å². The zero-order valence-electron chi connectivity index (χ0n) is 4.01. The van der Waals surface area contributed by atoms with Crippen molar-refractivity contribution < 1.29 is 13.2 Å². The molecule has 0 aliphatic heterocycles. The molecular formula is C2H4O3S4. The van der Waals surface area contributed by atoms with E-state index in [4.69, 9.17) is 0 Å². The lowest BCUT2D eigenvalue weighted by Gasteiger charge is -2.13. The van der Waals surface area contributed by atoms with Crippen LogP contribution < -0.4 is 0 Å². The maximum Gasteiger partial charge on any atom is 0.372 e. The molecule has 0 amide bonds. The Morgan fingerprint density at radius 3 is 1.89 bits per heavy atom. The fraction of sp³-hybridized carbons (Fsp3) is 0.500. The predicted octanol–water partition coefficient (Wildman–Crippen LogP) is 0.749. The third-order valence-electron chi connectivity index (χ3n) is 0.476. The molecule has 0 radical (unpaired) electrons. The lowest BCUT2D eigenvalue weighted by molar-refractivity contribution is -0.137. The van der Waals surface area contributed by atoms with Gasteiger partial charge in [-0.2, -0.15) is 0 Å². The van der Waals surface area contributed by atoms with Crippen LogP contribution >= 0.6 is 51.1 Å². The predicted molar refractivity (Wildman–Crippen MR) is 45.9 cm³/mol. The highest BCUT2D eigenvalue weighted by Crippen LogP contribution is 2.24. The molecule has 0 saturated heterocycles. The molecule has 7 heteroatoms. The van der Waals surface area contributed by atoms with Gasteiger partial charge >= 0.3 is 5.97 Å². The number of hydrogen-bond donors (Lipinski definition) is 4. The van der Waals surface area contributed by atoms with Gasteiger partial charge in [0.15, 0.2) is 0 Å². The van der Waals surface area contributed by atoms with E-state index in [-0.39, 0.29) is 0 Å². The molecule has 0 unspecified atom stereocenters. The van der Waals surface area contributed by atoms with Crippen molar-refractivity contribution in [1.29, 1.82) is 0 Å². The van der Waals surface area contributed by atoms with Gasteiger partial charge in [0.25, 0.3) is 4.27 Å². The van der Waals surface area contributed by atoms with Gasteiger partial charge in [0.05, 0.1) is 0 Å². The first-order chi connectivity index (χ1) is 4.04. The quantitative estimate of drug-likeness (QED) is 0.304. The fourth-order valence-corrected chi connectivity index (χ4v) is 0.535. The first-order valence-electron chi connectivity index (χ1n) is 1.67. The Morgan fingerprint density at radius 2 is 1.78 bits per heavy atom. The van der Waals surface area contributed by atoms with Crippen LogP contribution in [0.4, 0.5) is 0 Å². The summed E-state index contributed by atoms with van der Waals surface area (Å²) in [6.45, 7) is 0. The van der Waals surface area contributed by atoms with E-state index in [1.807, 2.05) is 0 Å². The third-order valence-corrected chi connectivity index (χ3v) is 1.75. The first kappa shape index (κ1) is 9.83. The maximum atomic E-state index is 10.4. The minimum atomic E-state index is -1.63. The minimum Gasteiger partial charge on any atom is -0.391 e. The van der Waals surface area contributed by atoms with Gasteiger partial charge in [0, 0.05) is 12.9 Å². The molecule has 9 heavy (non-hydrogen) atoms. The van der Waals surface area contributed by atoms with E-state index >= 15 is 0 Å². The zero-order valence-corrected chi connectivity index (χ0v) is 7.59. The number of thiol groups is 4. The van der Waals surface area contributed by atoms with E-state index in [0.29, 0.717) is 0 Å². The van der Waals surface area contributed by atoms with Gasteiger partial charge in [-0.25, -0.2) is 4.79 Å². The highest BCUT2D eigenvalue weighted by molar-refractivity contribution is 8.02. The van der Waals surface area contributed by atoms with Crippen molar-refractivity contribution in [3.8, 4) is 0 Å². The van der Waals surface area contributed by atoms with Gasteiger partial charge in [-0.3, -0.25) is 4.18 Å². The van der Waals surface area contributed by atoms with Crippen molar-refractivity contribution in [2.24, 2.45) is 0 Å². The molecule has 0 atom stereocenters. The molecule has 0 rings (SSSR count). The second-order valence-corrected chi connectivity index (χ2v) is 3.06. The molecule has 0 aromatic heterocycles. The lowest BCUT2D eigenvalue weighted by Crippen LogP contribution is -2.26. The molecule has 0 bridgehead atoms. The normalized spacial score (nSPS) is 11.1. The molecule has 0 aliphatic rings. The Labute approximate surface area is 74.5 Å². The summed E-state index contributed by atoms with van der Waals surface area (Å²) in [4.78, 5) is 10.4. The van der Waals surface area contributed by atoms with Crippen LogP contribution in [0.1, 0.15) is 0 Å². The van der Waals surface area contributed by atoms with E-state index in [9.17, 15) is 4.79 Å². The molecule has 0 aromatic carbocycles. The van der Waals surface area contributed by atoms with Gasteiger partial charge in [-0.15, -0.1) is 25.3 Å². The van der Waals surface area contributed by atoms with Crippen molar-refractivity contribution in [1.82, 2.24) is 0 Å². The highest BCUT2D eigenvalue weighted by Gasteiger charge is 2.32. The summed E-state index contributed by atoms with van der Waals surface area (Å²) in [5.41, 5.74) is 0. The number of carbonyl (C=O) groups is 1. The number of carbonyl (C=O) groups excluding carboxylic acids is 1. The van der Waals surface area contributed by atoms with Crippen LogP contribution in [0.2, 0.25) is 0 Å². The highest BCUT2D eigenvalue weighted by atomic mass is 32.2. The van der Waals surface area contributed by atoms with E-state index in [1.165, 1.54) is 0 Å². The molecule has 0 aliphatic carbocycles. The maximum absolute atomic E-state index is 10.4. The fourth-order valence-electron chi connectivity index (χ4n) is 0.0967. The molecule has 0 fully saturated rings. The summed E-state index contributed by atoms with van der Waals surface area (Å²) in [7, 11) is 0. The molecule has 0 aromatic rings. The standard InChI is InChI=1S/C2H4O3S4/c3-1(4-8)2(6,7)5-9/h6-9H. The third kappa shape index (κ3) is 2.94. The first-order valence-corrected chi connectivity index (χ1v) is 3.30. The summed E-state index contributed by atoms with van der Waals surface area (Å²) < 4.78 is 6.49. The van der Waals surface area contributed by atoms with Crippen LogP contribution in [0.3, 0.4) is 0 Å².